The zero-order valence-corrected chi connectivity index (χ0v) is 11.2. The van der Waals surface area contributed by atoms with E-state index in [1.807, 2.05) is 37.3 Å². The number of phenolic OH excluding ortho intramolecular Hbond substituents is 1. The quantitative estimate of drug-likeness (QED) is 0.896. The van der Waals surface area contributed by atoms with E-state index in [0.29, 0.717) is 0 Å². The number of ether oxygens (including phenoxy) is 1. The van der Waals surface area contributed by atoms with Crippen molar-refractivity contribution >= 4 is 6.09 Å². The highest BCUT2D eigenvalue weighted by Gasteiger charge is 2.10. The summed E-state index contributed by atoms with van der Waals surface area (Å²) in [7, 11) is 0. The first-order valence-corrected chi connectivity index (χ1v) is 6.41. The van der Waals surface area contributed by atoms with Gasteiger partial charge in [0.05, 0.1) is 6.04 Å². The summed E-state index contributed by atoms with van der Waals surface area (Å²) < 4.78 is 5.14. The van der Waals surface area contributed by atoms with Gasteiger partial charge in [0.2, 0.25) is 0 Å². The number of alkyl carbamates (subject to hydrolysis) is 1. The molecule has 0 saturated carbocycles. The molecule has 4 nitrogen and oxygen atoms in total. The number of amides is 1. The molecule has 0 heterocycles. The molecular formula is C16H17NO3. The van der Waals surface area contributed by atoms with Gasteiger partial charge in [0, 0.05) is 0 Å². The monoisotopic (exact) mass is 271 g/mol. The molecule has 1 amide bonds. The lowest BCUT2D eigenvalue weighted by atomic mass is 10.1. The summed E-state index contributed by atoms with van der Waals surface area (Å²) in [5.41, 5.74) is 1.85. The Bertz CT molecular complexity index is 552. The summed E-state index contributed by atoms with van der Waals surface area (Å²) in [4.78, 5) is 11.7. The van der Waals surface area contributed by atoms with Gasteiger partial charge in [-0.3, -0.25) is 0 Å². The van der Waals surface area contributed by atoms with Crippen LogP contribution in [0, 0.1) is 0 Å². The smallest absolute Gasteiger partial charge is 0.407 e. The first-order valence-electron chi connectivity index (χ1n) is 6.41. The van der Waals surface area contributed by atoms with Crippen LogP contribution in [0.3, 0.4) is 0 Å². The van der Waals surface area contributed by atoms with Crippen molar-refractivity contribution in [2.24, 2.45) is 0 Å². The molecule has 0 fully saturated rings. The van der Waals surface area contributed by atoms with E-state index in [1.54, 1.807) is 24.3 Å². The van der Waals surface area contributed by atoms with Crippen molar-refractivity contribution < 1.29 is 14.6 Å². The van der Waals surface area contributed by atoms with E-state index in [9.17, 15) is 9.90 Å². The van der Waals surface area contributed by atoms with Gasteiger partial charge in [-0.1, -0.05) is 42.5 Å². The highest BCUT2D eigenvalue weighted by molar-refractivity contribution is 5.67. The Balaban J connectivity index is 1.83. The molecule has 2 rings (SSSR count). The summed E-state index contributed by atoms with van der Waals surface area (Å²) >= 11 is 0. The largest absolute Gasteiger partial charge is 0.508 e. The lowest BCUT2D eigenvalue weighted by Crippen LogP contribution is -2.27. The minimum Gasteiger partial charge on any atom is -0.508 e. The third-order valence-electron chi connectivity index (χ3n) is 2.94. The molecule has 0 radical (unpaired) electrons. The number of hydrogen-bond donors (Lipinski definition) is 2. The lowest BCUT2D eigenvalue weighted by Gasteiger charge is -2.14. The fraction of sp³-hybridized carbons (Fsp3) is 0.188. The van der Waals surface area contributed by atoms with Gasteiger partial charge < -0.3 is 15.2 Å². The van der Waals surface area contributed by atoms with Gasteiger partial charge in [0.1, 0.15) is 12.4 Å². The standard InChI is InChI=1S/C16H17NO3/c1-12(14-7-9-15(18)10-8-14)17-16(19)20-11-13-5-3-2-4-6-13/h2-10,12,18H,11H2,1H3,(H,17,19). The predicted molar refractivity (Wildman–Crippen MR) is 76.3 cm³/mol. The van der Waals surface area contributed by atoms with Gasteiger partial charge in [0.15, 0.2) is 0 Å². The first-order chi connectivity index (χ1) is 9.65. The van der Waals surface area contributed by atoms with Gasteiger partial charge in [-0.2, -0.15) is 0 Å². The van der Waals surface area contributed by atoms with Crippen molar-refractivity contribution in [1.82, 2.24) is 5.32 Å². The van der Waals surface area contributed by atoms with Gasteiger partial charge in [-0.05, 0) is 30.2 Å². The molecule has 0 aromatic heterocycles. The van der Waals surface area contributed by atoms with Crippen molar-refractivity contribution in [3.8, 4) is 5.75 Å². The molecule has 0 spiro atoms. The highest BCUT2D eigenvalue weighted by Crippen LogP contribution is 2.16. The fourth-order valence-corrected chi connectivity index (χ4v) is 1.79. The molecule has 4 heteroatoms. The van der Waals surface area contributed by atoms with Crippen molar-refractivity contribution in [1.29, 1.82) is 0 Å². The highest BCUT2D eigenvalue weighted by atomic mass is 16.5. The summed E-state index contributed by atoms with van der Waals surface area (Å²) in [5, 5.41) is 12.0. The number of benzene rings is 2. The summed E-state index contributed by atoms with van der Waals surface area (Å²) in [6, 6.07) is 16.0. The molecule has 2 N–H and O–H groups in total. The molecule has 0 aliphatic heterocycles. The van der Waals surface area contributed by atoms with Crippen LogP contribution >= 0.6 is 0 Å². The number of carbonyl (C=O) groups excluding carboxylic acids is 1. The fourth-order valence-electron chi connectivity index (χ4n) is 1.79. The van der Waals surface area contributed by atoms with Gasteiger partial charge >= 0.3 is 6.09 Å². The number of hydrogen-bond acceptors (Lipinski definition) is 3. The maximum atomic E-state index is 11.7. The summed E-state index contributed by atoms with van der Waals surface area (Å²) in [6.45, 7) is 2.10. The van der Waals surface area contributed by atoms with E-state index in [0.717, 1.165) is 11.1 Å². The van der Waals surface area contributed by atoms with Gasteiger partial charge in [-0.25, -0.2) is 4.79 Å². The molecule has 2 aromatic carbocycles. The zero-order chi connectivity index (χ0) is 14.4. The zero-order valence-electron chi connectivity index (χ0n) is 11.2. The van der Waals surface area contributed by atoms with Gasteiger partial charge in [-0.15, -0.1) is 0 Å². The molecular weight excluding hydrogens is 254 g/mol. The van der Waals surface area contributed by atoms with E-state index < -0.39 is 6.09 Å². The third-order valence-corrected chi connectivity index (χ3v) is 2.94. The summed E-state index contributed by atoms with van der Waals surface area (Å²) in [5.74, 6) is 0.201. The van der Waals surface area contributed by atoms with E-state index >= 15 is 0 Å². The van der Waals surface area contributed by atoms with Crippen LogP contribution in [0.1, 0.15) is 24.1 Å². The van der Waals surface area contributed by atoms with Crippen molar-refractivity contribution in [2.75, 3.05) is 0 Å². The maximum absolute atomic E-state index is 11.7. The van der Waals surface area contributed by atoms with Crippen LogP contribution in [0.25, 0.3) is 0 Å². The normalized spacial score (nSPS) is 11.7. The Morgan fingerprint density at radius 3 is 2.45 bits per heavy atom. The van der Waals surface area contributed by atoms with Crippen LogP contribution in [-0.4, -0.2) is 11.2 Å². The number of phenols is 1. The Labute approximate surface area is 118 Å². The Kier molecular flexibility index (Phi) is 4.60. The van der Waals surface area contributed by atoms with E-state index in [2.05, 4.69) is 5.32 Å². The maximum Gasteiger partial charge on any atom is 0.407 e. The molecule has 1 unspecified atom stereocenters. The average Bonchev–Trinajstić information content (AvgIpc) is 2.47. The minimum absolute atomic E-state index is 0.182. The summed E-state index contributed by atoms with van der Waals surface area (Å²) in [6.07, 6.45) is -0.463. The van der Waals surface area contributed by atoms with Crippen molar-refractivity contribution in [3.63, 3.8) is 0 Å². The average molecular weight is 271 g/mol. The van der Waals surface area contributed by atoms with Crippen LogP contribution in [0.5, 0.6) is 5.75 Å². The molecule has 0 saturated heterocycles. The number of nitrogens with one attached hydrogen (secondary N) is 1. The first kappa shape index (κ1) is 13.9. The third kappa shape index (κ3) is 4.02. The van der Waals surface area contributed by atoms with Crippen molar-refractivity contribution in [3.05, 3.63) is 65.7 Å². The van der Waals surface area contributed by atoms with Crippen LogP contribution in [-0.2, 0) is 11.3 Å². The molecule has 0 bridgehead atoms. The molecule has 1 atom stereocenters. The van der Waals surface area contributed by atoms with E-state index in [-0.39, 0.29) is 18.4 Å². The van der Waals surface area contributed by atoms with E-state index in [1.165, 1.54) is 0 Å². The van der Waals surface area contributed by atoms with Crippen LogP contribution in [0.15, 0.2) is 54.6 Å². The van der Waals surface area contributed by atoms with Crippen LogP contribution in [0.4, 0.5) is 4.79 Å². The SMILES string of the molecule is CC(NC(=O)OCc1ccccc1)c1ccc(O)cc1. The van der Waals surface area contributed by atoms with Gasteiger partial charge in [0.25, 0.3) is 0 Å². The molecule has 0 aliphatic carbocycles. The topological polar surface area (TPSA) is 58.6 Å². The number of aromatic hydroxyl groups is 1. The lowest BCUT2D eigenvalue weighted by molar-refractivity contribution is 0.136. The second-order valence-electron chi connectivity index (χ2n) is 4.52. The molecule has 2 aromatic rings. The Morgan fingerprint density at radius 1 is 1.15 bits per heavy atom. The molecule has 0 aliphatic rings. The van der Waals surface area contributed by atoms with Crippen LogP contribution < -0.4 is 5.32 Å². The Hall–Kier alpha value is -2.49. The number of rotatable bonds is 4. The predicted octanol–water partition coefficient (Wildman–Crippen LogP) is 3.38. The second kappa shape index (κ2) is 6.61. The van der Waals surface area contributed by atoms with Crippen molar-refractivity contribution in [2.45, 2.75) is 19.6 Å². The minimum atomic E-state index is -0.463. The van der Waals surface area contributed by atoms with E-state index in [4.69, 9.17) is 4.74 Å². The second-order valence-corrected chi connectivity index (χ2v) is 4.52. The molecule has 104 valence electrons. The molecule has 20 heavy (non-hydrogen) atoms. The Morgan fingerprint density at radius 2 is 1.80 bits per heavy atom. The van der Waals surface area contributed by atoms with Crippen LogP contribution in [0.2, 0.25) is 0 Å². The number of carbonyl (C=O) groups is 1.